The van der Waals surface area contributed by atoms with Crippen LogP contribution in [-0.4, -0.2) is 114 Å². The SMILES string of the molecule is CN1CCN(C2CCN(C(=O)C(CC(=O)N3CCC(N4Cc5ccccc5NC4=O)CC3)Cc3ccc(Br)c(Br)c3)CC2)CC1. The number of benzene rings is 2. The summed E-state index contributed by atoms with van der Waals surface area (Å²) < 4.78 is 1.90. The monoisotopic (exact) mass is 742 g/mol. The number of carbonyl (C=O) groups is 3. The molecule has 4 aliphatic heterocycles. The van der Waals surface area contributed by atoms with Crippen LogP contribution in [0.5, 0.6) is 0 Å². The number of anilines is 1. The number of nitrogens with one attached hydrogen (secondary N) is 1. The van der Waals surface area contributed by atoms with Gasteiger partial charge in [0.15, 0.2) is 0 Å². The number of fused-ring (bicyclic) bond motifs is 1. The number of amides is 4. The molecular formula is C34H44Br2N6O3. The highest BCUT2D eigenvalue weighted by Gasteiger charge is 2.36. The first-order valence-corrected chi connectivity index (χ1v) is 17.9. The lowest BCUT2D eigenvalue weighted by atomic mass is 9.92. The van der Waals surface area contributed by atoms with Crippen molar-refractivity contribution >= 4 is 55.4 Å². The molecule has 6 rings (SSSR count). The summed E-state index contributed by atoms with van der Waals surface area (Å²) in [7, 11) is 2.18. The van der Waals surface area contributed by atoms with Crippen molar-refractivity contribution in [2.45, 2.75) is 57.2 Å². The van der Waals surface area contributed by atoms with Crippen LogP contribution in [-0.2, 0) is 22.6 Å². The van der Waals surface area contributed by atoms with Crippen LogP contribution in [0, 0.1) is 5.92 Å². The van der Waals surface area contributed by atoms with Gasteiger partial charge in [-0.3, -0.25) is 14.5 Å². The fraction of sp³-hybridized carbons (Fsp3) is 0.559. The molecule has 3 saturated heterocycles. The average Bonchev–Trinajstić information content (AvgIpc) is 3.06. The van der Waals surface area contributed by atoms with Crippen LogP contribution in [0.25, 0.3) is 0 Å². The Morgan fingerprint density at radius 2 is 1.51 bits per heavy atom. The number of carbonyl (C=O) groups excluding carboxylic acids is 3. The van der Waals surface area contributed by atoms with Gasteiger partial charge in [0.1, 0.15) is 0 Å². The highest BCUT2D eigenvalue weighted by Crippen LogP contribution is 2.30. The molecule has 3 fully saturated rings. The molecule has 1 N–H and O–H groups in total. The molecule has 0 spiro atoms. The van der Waals surface area contributed by atoms with Crippen molar-refractivity contribution in [3.63, 3.8) is 0 Å². The van der Waals surface area contributed by atoms with Gasteiger partial charge in [-0.15, -0.1) is 0 Å². The van der Waals surface area contributed by atoms with Crippen LogP contribution in [0.15, 0.2) is 51.4 Å². The number of likely N-dealkylation sites (N-methyl/N-ethyl adjacent to an activating group) is 1. The minimum Gasteiger partial charge on any atom is -0.343 e. The Balaban J connectivity index is 1.07. The van der Waals surface area contributed by atoms with Gasteiger partial charge >= 0.3 is 6.03 Å². The topological polar surface area (TPSA) is 79.4 Å². The van der Waals surface area contributed by atoms with Crippen molar-refractivity contribution in [2.75, 3.05) is 64.7 Å². The zero-order valence-electron chi connectivity index (χ0n) is 26.1. The summed E-state index contributed by atoms with van der Waals surface area (Å²) in [5.41, 5.74) is 3.03. The van der Waals surface area contributed by atoms with Gasteiger partial charge in [0.2, 0.25) is 11.8 Å². The number of piperidine rings is 2. The predicted molar refractivity (Wildman–Crippen MR) is 183 cm³/mol. The van der Waals surface area contributed by atoms with E-state index < -0.39 is 5.92 Å². The number of hydrogen-bond donors (Lipinski definition) is 1. The van der Waals surface area contributed by atoms with Crippen LogP contribution in [0.4, 0.5) is 10.5 Å². The molecule has 2 aromatic carbocycles. The van der Waals surface area contributed by atoms with Crippen LogP contribution >= 0.6 is 31.9 Å². The molecule has 45 heavy (non-hydrogen) atoms. The van der Waals surface area contributed by atoms with Gasteiger partial charge in [-0.1, -0.05) is 24.3 Å². The van der Waals surface area contributed by atoms with E-state index in [4.69, 9.17) is 0 Å². The summed E-state index contributed by atoms with van der Waals surface area (Å²) in [4.78, 5) is 51.5. The van der Waals surface area contributed by atoms with E-state index in [0.29, 0.717) is 32.1 Å². The maximum atomic E-state index is 14.1. The van der Waals surface area contributed by atoms with Gasteiger partial charge < -0.3 is 24.9 Å². The van der Waals surface area contributed by atoms with Crippen molar-refractivity contribution in [2.24, 2.45) is 5.92 Å². The van der Waals surface area contributed by atoms with Gasteiger partial charge in [-0.05, 0) is 100 Å². The Morgan fingerprint density at radius 3 is 2.22 bits per heavy atom. The zero-order chi connectivity index (χ0) is 31.5. The number of para-hydroxylation sites is 1. The number of likely N-dealkylation sites (tertiary alicyclic amines) is 2. The molecule has 0 aromatic heterocycles. The fourth-order valence-electron chi connectivity index (χ4n) is 7.38. The molecular weight excluding hydrogens is 700 g/mol. The van der Waals surface area contributed by atoms with E-state index in [9.17, 15) is 14.4 Å². The molecule has 4 aliphatic rings. The predicted octanol–water partition coefficient (Wildman–Crippen LogP) is 5.04. The third-order valence-electron chi connectivity index (χ3n) is 10.2. The maximum absolute atomic E-state index is 14.1. The van der Waals surface area contributed by atoms with Gasteiger partial charge in [0, 0.05) is 92.0 Å². The Kier molecular flexibility index (Phi) is 10.5. The Hall–Kier alpha value is -2.47. The molecule has 0 saturated carbocycles. The van der Waals surface area contributed by atoms with E-state index >= 15 is 0 Å². The van der Waals surface area contributed by atoms with Gasteiger partial charge in [0.25, 0.3) is 0 Å². The van der Waals surface area contributed by atoms with E-state index in [0.717, 1.165) is 90.7 Å². The highest BCUT2D eigenvalue weighted by atomic mass is 79.9. The quantitative estimate of drug-likeness (QED) is 0.431. The normalized spacial score (nSPS) is 21.4. The molecule has 2 aromatic rings. The second kappa shape index (κ2) is 14.5. The van der Waals surface area contributed by atoms with Crippen molar-refractivity contribution in [1.29, 1.82) is 0 Å². The maximum Gasteiger partial charge on any atom is 0.322 e. The molecule has 0 radical (unpaired) electrons. The summed E-state index contributed by atoms with van der Waals surface area (Å²) in [6.07, 6.45) is 4.18. The number of urea groups is 1. The fourth-order valence-corrected chi connectivity index (χ4v) is 8.05. The van der Waals surface area contributed by atoms with E-state index in [1.54, 1.807) is 0 Å². The minimum atomic E-state index is -0.409. The molecule has 1 atom stereocenters. The summed E-state index contributed by atoms with van der Waals surface area (Å²) in [5.74, 6) is -0.283. The van der Waals surface area contributed by atoms with Crippen molar-refractivity contribution < 1.29 is 14.4 Å². The van der Waals surface area contributed by atoms with E-state index in [2.05, 4.69) is 60.1 Å². The van der Waals surface area contributed by atoms with Crippen LogP contribution in [0.3, 0.4) is 0 Å². The Bertz CT molecular complexity index is 1380. The van der Waals surface area contributed by atoms with Gasteiger partial charge in [-0.2, -0.15) is 0 Å². The lowest BCUT2D eigenvalue weighted by molar-refractivity contribution is -0.143. The Labute approximate surface area is 283 Å². The summed E-state index contributed by atoms with van der Waals surface area (Å²) >= 11 is 7.15. The standard InChI is InChI=1S/C34H44Br2N6O3/c1-38-16-18-39(19-17-38)27-8-14-41(15-9-27)33(44)26(20-24-6-7-29(35)30(36)21-24)22-32(43)40-12-10-28(11-13-40)42-23-25-4-2-3-5-31(25)37-34(42)45/h2-7,21,26-28H,8-20,22-23H2,1H3,(H,37,45). The molecule has 1 unspecified atom stereocenters. The molecule has 4 amide bonds. The second-order valence-electron chi connectivity index (χ2n) is 13.1. The zero-order valence-corrected chi connectivity index (χ0v) is 29.3. The first kappa shape index (κ1) is 32.5. The highest BCUT2D eigenvalue weighted by molar-refractivity contribution is 9.13. The summed E-state index contributed by atoms with van der Waals surface area (Å²) in [6.45, 7) is 7.66. The number of rotatable bonds is 7. The van der Waals surface area contributed by atoms with Crippen molar-refractivity contribution in [3.8, 4) is 0 Å². The molecule has 0 bridgehead atoms. The van der Waals surface area contributed by atoms with Crippen molar-refractivity contribution in [1.82, 2.24) is 24.5 Å². The third-order valence-corrected chi connectivity index (χ3v) is 12.1. The number of halogens is 2. The van der Waals surface area contributed by atoms with Crippen LogP contribution < -0.4 is 5.32 Å². The number of hydrogen-bond acceptors (Lipinski definition) is 5. The third kappa shape index (κ3) is 7.75. The average molecular weight is 745 g/mol. The lowest BCUT2D eigenvalue weighted by Crippen LogP contribution is -2.54. The molecule has 9 nitrogen and oxygen atoms in total. The second-order valence-corrected chi connectivity index (χ2v) is 14.8. The largest absolute Gasteiger partial charge is 0.343 e. The summed E-state index contributed by atoms with van der Waals surface area (Å²) in [5, 5.41) is 3.02. The van der Waals surface area contributed by atoms with E-state index in [-0.39, 0.29) is 30.3 Å². The Morgan fingerprint density at radius 1 is 0.844 bits per heavy atom. The smallest absolute Gasteiger partial charge is 0.322 e. The molecule has 0 aliphatic carbocycles. The van der Waals surface area contributed by atoms with E-state index in [1.165, 1.54) is 0 Å². The van der Waals surface area contributed by atoms with Gasteiger partial charge in [-0.25, -0.2) is 4.79 Å². The molecule has 11 heteroatoms. The lowest BCUT2D eigenvalue weighted by Gasteiger charge is -2.43. The van der Waals surface area contributed by atoms with Crippen molar-refractivity contribution in [3.05, 3.63) is 62.5 Å². The van der Waals surface area contributed by atoms with E-state index in [1.807, 2.05) is 51.1 Å². The first-order chi connectivity index (χ1) is 21.7. The minimum absolute atomic E-state index is 0.0312. The molecule has 4 heterocycles. The first-order valence-electron chi connectivity index (χ1n) is 16.3. The van der Waals surface area contributed by atoms with Gasteiger partial charge in [0.05, 0.1) is 5.92 Å². The van der Waals surface area contributed by atoms with Crippen LogP contribution in [0.1, 0.15) is 43.2 Å². The number of piperazine rings is 1. The number of nitrogens with zero attached hydrogens (tertiary/aromatic N) is 5. The molecule has 242 valence electrons. The summed E-state index contributed by atoms with van der Waals surface area (Å²) in [6, 6.07) is 14.5. The van der Waals surface area contributed by atoms with Crippen LogP contribution in [0.2, 0.25) is 0 Å².